The lowest BCUT2D eigenvalue weighted by molar-refractivity contribution is -0.127. The molecule has 0 aliphatic heterocycles. The third kappa shape index (κ3) is 6.03. The number of carbonyl (C=O) groups excluding carboxylic acids is 2. The number of methoxy groups -OCH3 is 2. The summed E-state index contributed by atoms with van der Waals surface area (Å²) in [6.07, 6.45) is 6.81. The number of nitrogens with zero attached hydrogens (tertiary/aromatic N) is 2. The van der Waals surface area contributed by atoms with Gasteiger partial charge < -0.3 is 19.7 Å². The van der Waals surface area contributed by atoms with E-state index in [2.05, 4.69) is 10.3 Å². The fourth-order valence-electron chi connectivity index (χ4n) is 4.72. The van der Waals surface area contributed by atoms with Crippen LogP contribution in [0.1, 0.15) is 59.8 Å². The number of nitrogens with one attached hydrogen (secondary N) is 1. The van der Waals surface area contributed by atoms with E-state index in [0.717, 1.165) is 31.2 Å². The van der Waals surface area contributed by atoms with Gasteiger partial charge in [-0.05, 0) is 42.7 Å². The quantitative estimate of drug-likeness (QED) is 0.463. The zero-order valence-corrected chi connectivity index (χ0v) is 20.9. The lowest BCUT2D eigenvalue weighted by Gasteiger charge is -2.34. The molecule has 1 fully saturated rings. The molecular weight excluding hydrogens is 454 g/mol. The molecule has 0 unspecified atom stereocenters. The summed E-state index contributed by atoms with van der Waals surface area (Å²) in [5, 5.41) is 3.23. The standard InChI is InChI=1S/C29H33N3O4/c1-35-23-16-17-24(26(19-23)36-2)27(28(33)31-22-13-7-4-8-14-22)32(20-21-11-5-3-6-12-21)29(34)25-15-9-10-18-30-25/h3,5-6,9-12,15-19,22,27H,4,7-8,13-14,20H2,1-2H3,(H,31,33)/t27-/m1/s1. The fourth-order valence-corrected chi connectivity index (χ4v) is 4.72. The van der Waals surface area contributed by atoms with Crippen LogP contribution in [0, 0.1) is 0 Å². The van der Waals surface area contributed by atoms with Gasteiger partial charge in [0, 0.05) is 30.4 Å². The molecule has 188 valence electrons. The molecule has 0 radical (unpaired) electrons. The van der Waals surface area contributed by atoms with Gasteiger partial charge in [-0.15, -0.1) is 0 Å². The normalized spacial score (nSPS) is 14.5. The number of rotatable bonds is 9. The summed E-state index contributed by atoms with van der Waals surface area (Å²) in [4.78, 5) is 33.8. The molecule has 7 nitrogen and oxygen atoms in total. The summed E-state index contributed by atoms with van der Waals surface area (Å²) >= 11 is 0. The van der Waals surface area contributed by atoms with Crippen LogP contribution in [0.15, 0.2) is 72.9 Å². The Morgan fingerprint density at radius 3 is 2.39 bits per heavy atom. The first-order valence-corrected chi connectivity index (χ1v) is 12.4. The minimum absolute atomic E-state index is 0.0847. The molecule has 0 saturated heterocycles. The van der Waals surface area contributed by atoms with Crippen molar-refractivity contribution in [3.05, 3.63) is 89.7 Å². The number of aromatic nitrogens is 1. The molecular formula is C29H33N3O4. The number of hydrogen-bond donors (Lipinski definition) is 1. The number of ether oxygens (including phenoxy) is 2. The molecule has 0 bridgehead atoms. The largest absolute Gasteiger partial charge is 0.497 e. The maximum Gasteiger partial charge on any atom is 0.273 e. The number of benzene rings is 2. The van der Waals surface area contributed by atoms with Crippen LogP contribution in [-0.2, 0) is 11.3 Å². The number of carbonyl (C=O) groups is 2. The second-order valence-corrected chi connectivity index (χ2v) is 8.99. The van der Waals surface area contributed by atoms with E-state index in [1.54, 1.807) is 61.7 Å². The van der Waals surface area contributed by atoms with Crippen molar-refractivity contribution in [3.63, 3.8) is 0 Å². The first kappa shape index (κ1) is 25.2. The summed E-state index contributed by atoms with van der Waals surface area (Å²) in [6.45, 7) is 0.230. The molecule has 1 aromatic heterocycles. The van der Waals surface area contributed by atoms with E-state index < -0.39 is 6.04 Å². The van der Waals surface area contributed by atoms with Crippen LogP contribution in [0.2, 0.25) is 0 Å². The molecule has 3 aromatic rings. The predicted octanol–water partition coefficient (Wildman–Crippen LogP) is 4.93. The Labute approximate surface area is 212 Å². The molecule has 4 rings (SSSR count). The predicted molar refractivity (Wildman–Crippen MR) is 138 cm³/mol. The van der Waals surface area contributed by atoms with Gasteiger partial charge in [-0.1, -0.05) is 55.7 Å². The van der Waals surface area contributed by atoms with Crippen molar-refractivity contribution >= 4 is 11.8 Å². The average molecular weight is 488 g/mol. The molecule has 36 heavy (non-hydrogen) atoms. The van der Waals surface area contributed by atoms with Gasteiger partial charge in [0.2, 0.25) is 5.91 Å². The van der Waals surface area contributed by atoms with E-state index in [1.165, 1.54) is 6.42 Å². The van der Waals surface area contributed by atoms with E-state index in [0.29, 0.717) is 17.1 Å². The van der Waals surface area contributed by atoms with Crippen LogP contribution in [0.25, 0.3) is 0 Å². The third-order valence-electron chi connectivity index (χ3n) is 6.59. The van der Waals surface area contributed by atoms with Gasteiger partial charge >= 0.3 is 0 Å². The average Bonchev–Trinajstić information content (AvgIpc) is 2.94. The lowest BCUT2D eigenvalue weighted by Crippen LogP contribution is -2.47. The van der Waals surface area contributed by atoms with Crippen molar-refractivity contribution in [2.45, 2.75) is 50.7 Å². The van der Waals surface area contributed by atoms with Gasteiger partial charge in [-0.2, -0.15) is 0 Å². The van der Waals surface area contributed by atoms with Gasteiger partial charge in [0.25, 0.3) is 5.91 Å². The first-order chi connectivity index (χ1) is 17.6. The highest BCUT2D eigenvalue weighted by atomic mass is 16.5. The Hall–Kier alpha value is -3.87. The van der Waals surface area contributed by atoms with E-state index in [4.69, 9.17) is 9.47 Å². The summed E-state index contributed by atoms with van der Waals surface area (Å²) in [5.41, 5.74) is 1.77. The van der Waals surface area contributed by atoms with Crippen LogP contribution in [0.5, 0.6) is 11.5 Å². The monoisotopic (exact) mass is 487 g/mol. The second-order valence-electron chi connectivity index (χ2n) is 8.99. The van der Waals surface area contributed by atoms with E-state index in [-0.39, 0.29) is 30.1 Å². The Bertz CT molecular complexity index is 1150. The molecule has 1 aliphatic carbocycles. The SMILES string of the molecule is COc1ccc([C@H](C(=O)NC2CCCCC2)N(Cc2ccccc2)C(=O)c2ccccn2)c(OC)c1. The van der Waals surface area contributed by atoms with Crippen molar-refractivity contribution < 1.29 is 19.1 Å². The number of hydrogen-bond acceptors (Lipinski definition) is 5. The zero-order valence-electron chi connectivity index (χ0n) is 20.9. The van der Waals surface area contributed by atoms with Gasteiger partial charge in [0.05, 0.1) is 14.2 Å². The van der Waals surface area contributed by atoms with Crippen molar-refractivity contribution in [2.24, 2.45) is 0 Å². The minimum atomic E-state index is -0.928. The van der Waals surface area contributed by atoms with Gasteiger partial charge in [0.15, 0.2) is 0 Å². The van der Waals surface area contributed by atoms with Crippen molar-refractivity contribution in [1.82, 2.24) is 15.2 Å². The molecule has 1 atom stereocenters. The van der Waals surface area contributed by atoms with Gasteiger partial charge in [-0.25, -0.2) is 0 Å². The van der Waals surface area contributed by atoms with Gasteiger partial charge in [-0.3, -0.25) is 14.6 Å². The van der Waals surface area contributed by atoms with Crippen LogP contribution in [0.4, 0.5) is 0 Å². The lowest BCUT2D eigenvalue weighted by atomic mass is 9.94. The summed E-state index contributed by atoms with van der Waals surface area (Å²) in [5.74, 6) is 0.518. The second kappa shape index (κ2) is 12.2. The van der Waals surface area contributed by atoms with Crippen LogP contribution < -0.4 is 14.8 Å². The Morgan fingerprint density at radius 1 is 0.972 bits per heavy atom. The summed E-state index contributed by atoms with van der Waals surface area (Å²) in [6, 6.07) is 19.3. The van der Waals surface area contributed by atoms with E-state index >= 15 is 0 Å². The number of amides is 2. The fraction of sp³-hybridized carbons (Fsp3) is 0.345. The summed E-state index contributed by atoms with van der Waals surface area (Å²) in [7, 11) is 3.13. The highest BCUT2D eigenvalue weighted by molar-refractivity contribution is 5.97. The molecule has 2 aromatic carbocycles. The maximum atomic E-state index is 14.0. The zero-order chi connectivity index (χ0) is 25.3. The molecule has 1 heterocycles. The van der Waals surface area contributed by atoms with Crippen molar-refractivity contribution in [2.75, 3.05) is 14.2 Å². The first-order valence-electron chi connectivity index (χ1n) is 12.4. The van der Waals surface area contributed by atoms with E-state index in [9.17, 15) is 9.59 Å². The Morgan fingerprint density at radius 2 is 1.72 bits per heavy atom. The molecule has 1 saturated carbocycles. The van der Waals surface area contributed by atoms with Crippen LogP contribution >= 0.6 is 0 Å². The Kier molecular flexibility index (Phi) is 8.55. The van der Waals surface area contributed by atoms with Crippen LogP contribution in [-0.4, -0.2) is 42.0 Å². The van der Waals surface area contributed by atoms with Crippen LogP contribution in [0.3, 0.4) is 0 Å². The van der Waals surface area contributed by atoms with Crippen molar-refractivity contribution in [3.8, 4) is 11.5 Å². The third-order valence-corrected chi connectivity index (χ3v) is 6.59. The summed E-state index contributed by atoms with van der Waals surface area (Å²) < 4.78 is 11.1. The molecule has 1 aliphatic rings. The van der Waals surface area contributed by atoms with E-state index in [1.807, 2.05) is 30.3 Å². The highest BCUT2D eigenvalue weighted by Crippen LogP contribution is 2.35. The molecule has 0 spiro atoms. The topological polar surface area (TPSA) is 80.8 Å². The highest BCUT2D eigenvalue weighted by Gasteiger charge is 2.36. The maximum absolute atomic E-state index is 14.0. The van der Waals surface area contributed by atoms with Crippen molar-refractivity contribution in [1.29, 1.82) is 0 Å². The molecule has 7 heteroatoms. The Balaban J connectivity index is 1.80. The molecule has 2 amide bonds. The molecule has 1 N–H and O–H groups in total. The van der Waals surface area contributed by atoms with Gasteiger partial charge in [0.1, 0.15) is 23.2 Å². The number of pyridine rings is 1. The minimum Gasteiger partial charge on any atom is -0.497 e. The smallest absolute Gasteiger partial charge is 0.273 e.